The Hall–Kier alpha value is -0.840. The van der Waals surface area contributed by atoms with Crippen LogP contribution < -0.4 is 0 Å². The van der Waals surface area contributed by atoms with E-state index in [0.29, 0.717) is 0 Å². The van der Waals surface area contributed by atoms with Gasteiger partial charge in [-0.05, 0) is 0 Å². The molecule has 0 bridgehead atoms. The third-order valence-electron chi connectivity index (χ3n) is 8.20. The Morgan fingerprint density at radius 2 is 0.644 bits per heavy atom. The monoisotopic (exact) mass is 666 g/mol. The molecule has 0 radical (unpaired) electrons. The van der Waals surface area contributed by atoms with Gasteiger partial charge in [0, 0.05) is 0 Å². The molecular formula is C24H42O21. The first kappa shape index (κ1) is 37.0. The summed E-state index contributed by atoms with van der Waals surface area (Å²) in [5, 5.41) is 142. The van der Waals surface area contributed by atoms with Crippen LogP contribution in [0.15, 0.2) is 0 Å². The van der Waals surface area contributed by atoms with Crippen molar-refractivity contribution in [3.8, 4) is 0 Å². The highest BCUT2D eigenvalue weighted by Gasteiger charge is 2.55. The minimum Gasteiger partial charge on any atom is -0.394 e. The van der Waals surface area contributed by atoms with Gasteiger partial charge in [-0.15, -0.1) is 0 Å². The van der Waals surface area contributed by atoms with Crippen LogP contribution in [0.5, 0.6) is 0 Å². The molecule has 21 nitrogen and oxygen atoms in total. The highest BCUT2D eigenvalue weighted by atomic mass is 16.8. The summed E-state index contributed by atoms with van der Waals surface area (Å²) in [6.45, 7) is -3.39. The van der Waals surface area contributed by atoms with Gasteiger partial charge in [0.15, 0.2) is 25.2 Å². The molecule has 4 aliphatic rings. The zero-order chi connectivity index (χ0) is 33.3. The van der Waals surface area contributed by atoms with Crippen LogP contribution in [0.1, 0.15) is 0 Å². The maximum atomic E-state index is 10.9. The van der Waals surface area contributed by atoms with Crippen LogP contribution >= 0.6 is 0 Å². The topological polar surface area (TPSA) is 348 Å². The molecule has 0 saturated carbocycles. The van der Waals surface area contributed by atoms with E-state index in [-0.39, 0.29) is 0 Å². The number of rotatable bonds is 10. The summed E-state index contributed by atoms with van der Waals surface area (Å²) in [5.74, 6) is 0. The molecule has 4 fully saturated rings. The van der Waals surface area contributed by atoms with Gasteiger partial charge in [0.25, 0.3) is 0 Å². The van der Waals surface area contributed by atoms with E-state index in [0.717, 1.165) is 0 Å². The zero-order valence-electron chi connectivity index (χ0n) is 23.5. The Bertz CT molecular complexity index is 910. The third-order valence-corrected chi connectivity index (χ3v) is 8.20. The molecule has 45 heavy (non-hydrogen) atoms. The van der Waals surface area contributed by atoms with E-state index >= 15 is 0 Å². The van der Waals surface area contributed by atoms with Crippen LogP contribution in [0, 0.1) is 0 Å². The summed E-state index contributed by atoms with van der Waals surface area (Å²) in [6.07, 6.45) is -35.3. The van der Waals surface area contributed by atoms with Crippen molar-refractivity contribution in [2.75, 3.05) is 26.4 Å². The van der Waals surface area contributed by atoms with E-state index in [1.54, 1.807) is 0 Å². The van der Waals surface area contributed by atoms with Gasteiger partial charge in [0.2, 0.25) is 0 Å². The van der Waals surface area contributed by atoms with E-state index in [4.69, 9.17) is 33.2 Å². The first-order valence-corrected chi connectivity index (χ1v) is 14.1. The standard InChI is InChI=1S/C24H42O21/c25-1-5-9(29)10(30)15(35)22(40-5)44-19-7(3-27)42-24(17(37)12(19)32)45-20-8(4-28)41-23(16(36)13(20)33)43-18-6(2-26)39-21(38)14(34)11(18)31/h5-38H,1-4H2/t5-,6-,7-,8-,9-,10+,11-,12-,13-,14-,15-,16-,17-,18-,19-,20-,21+,22+,23+,24+/m1/s1. The lowest BCUT2D eigenvalue weighted by atomic mass is 9.95. The lowest BCUT2D eigenvalue weighted by molar-refractivity contribution is -0.387. The van der Waals surface area contributed by atoms with Crippen molar-refractivity contribution in [3.05, 3.63) is 0 Å². The SMILES string of the molecule is OC[C@H]1O[C@@H](O[C@H]2[C@H](O)[C@@H](O)[C@H](O[C@H]3[C@H](O)[C@@H](O)[C@H](O[C@H]4[C@H](O)[C@@H](O)[C@@H](O)O[C@@H]4CO)O[C@@H]3CO)O[C@@H]2CO)[C@H](O)[C@@H](O)[C@@H]1O. The second kappa shape index (κ2) is 15.6. The van der Waals surface area contributed by atoms with Gasteiger partial charge in [-0.25, -0.2) is 0 Å². The Morgan fingerprint density at radius 3 is 1.02 bits per heavy atom. The van der Waals surface area contributed by atoms with Crippen LogP contribution in [-0.4, -0.2) is 221 Å². The van der Waals surface area contributed by atoms with Gasteiger partial charge in [-0.3, -0.25) is 0 Å². The molecule has 264 valence electrons. The second-order valence-electron chi connectivity index (χ2n) is 11.1. The number of hydrogen-bond donors (Lipinski definition) is 14. The molecule has 4 rings (SSSR count). The largest absolute Gasteiger partial charge is 0.394 e. The summed E-state index contributed by atoms with van der Waals surface area (Å²) in [5.41, 5.74) is 0. The Morgan fingerprint density at radius 1 is 0.333 bits per heavy atom. The molecule has 0 spiro atoms. The minimum absolute atomic E-state index is 0.784. The zero-order valence-corrected chi connectivity index (χ0v) is 23.5. The molecule has 0 aliphatic carbocycles. The summed E-state index contributed by atoms with van der Waals surface area (Å²) in [7, 11) is 0. The van der Waals surface area contributed by atoms with Crippen molar-refractivity contribution in [1.29, 1.82) is 0 Å². The van der Waals surface area contributed by atoms with Crippen molar-refractivity contribution in [2.45, 2.75) is 123 Å². The lowest BCUT2D eigenvalue weighted by Crippen LogP contribution is -2.67. The van der Waals surface area contributed by atoms with Crippen molar-refractivity contribution < 1.29 is 105 Å². The third kappa shape index (κ3) is 7.44. The molecule has 0 unspecified atom stereocenters. The summed E-state index contributed by atoms with van der Waals surface area (Å²) in [6, 6.07) is 0. The van der Waals surface area contributed by atoms with E-state index in [1.165, 1.54) is 0 Å². The molecular weight excluding hydrogens is 624 g/mol. The van der Waals surface area contributed by atoms with E-state index in [1.807, 2.05) is 0 Å². The van der Waals surface area contributed by atoms with Crippen LogP contribution in [0.25, 0.3) is 0 Å². The molecule has 4 aliphatic heterocycles. The maximum absolute atomic E-state index is 10.9. The quantitative estimate of drug-likeness (QED) is 0.103. The average molecular weight is 667 g/mol. The Kier molecular flexibility index (Phi) is 12.8. The Balaban J connectivity index is 1.43. The molecule has 20 atom stereocenters. The fourth-order valence-electron chi connectivity index (χ4n) is 5.55. The normalized spacial score (nSPS) is 52.9. The maximum Gasteiger partial charge on any atom is 0.187 e. The Labute approximate surface area is 254 Å². The van der Waals surface area contributed by atoms with Crippen molar-refractivity contribution in [2.24, 2.45) is 0 Å². The van der Waals surface area contributed by atoms with E-state index < -0.39 is 149 Å². The summed E-state index contributed by atoms with van der Waals surface area (Å²) >= 11 is 0. The first-order chi connectivity index (χ1) is 21.3. The number of ether oxygens (including phenoxy) is 7. The second-order valence-corrected chi connectivity index (χ2v) is 11.1. The van der Waals surface area contributed by atoms with Gasteiger partial charge >= 0.3 is 0 Å². The highest BCUT2D eigenvalue weighted by molar-refractivity contribution is 4.97. The van der Waals surface area contributed by atoms with Crippen LogP contribution in [-0.2, 0) is 33.2 Å². The molecule has 21 heteroatoms. The fraction of sp³-hybridized carbons (Fsp3) is 1.00. The average Bonchev–Trinajstić information content (AvgIpc) is 3.03. The highest BCUT2D eigenvalue weighted by Crippen LogP contribution is 2.34. The summed E-state index contributed by atoms with van der Waals surface area (Å²) in [4.78, 5) is 0. The van der Waals surface area contributed by atoms with Crippen molar-refractivity contribution in [3.63, 3.8) is 0 Å². The predicted octanol–water partition coefficient (Wildman–Crippen LogP) is -9.75. The van der Waals surface area contributed by atoms with Gasteiger partial charge in [-0.1, -0.05) is 0 Å². The van der Waals surface area contributed by atoms with Gasteiger partial charge < -0.3 is 105 Å². The number of aliphatic hydroxyl groups is 14. The van der Waals surface area contributed by atoms with Gasteiger partial charge in [0.05, 0.1) is 26.4 Å². The molecule has 4 heterocycles. The smallest absolute Gasteiger partial charge is 0.187 e. The molecule has 0 aromatic carbocycles. The van der Waals surface area contributed by atoms with E-state index in [2.05, 4.69) is 0 Å². The predicted molar refractivity (Wildman–Crippen MR) is 134 cm³/mol. The van der Waals surface area contributed by atoms with Crippen LogP contribution in [0.4, 0.5) is 0 Å². The summed E-state index contributed by atoms with van der Waals surface area (Å²) < 4.78 is 37.7. The fourth-order valence-corrected chi connectivity index (χ4v) is 5.55. The van der Waals surface area contributed by atoms with Gasteiger partial charge in [-0.2, -0.15) is 0 Å². The van der Waals surface area contributed by atoms with Crippen molar-refractivity contribution >= 4 is 0 Å². The van der Waals surface area contributed by atoms with Gasteiger partial charge in [0.1, 0.15) is 97.7 Å². The molecule has 0 aromatic rings. The lowest BCUT2D eigenvalue weighted by Gasteiger charge is -2.49. The molecule has 0 aromatic heterocycles. The number of aliphatic hydroxyl groups excluding tert-OH is 14. The van der Waals surface area contributed by atoms with Crippen LogP contribution in [0.2, 0.25) is 0 Å². The van der Waals surface area contributed by atoms with Crippen molar-refractivity contribution in [1.82, 2.24) is 0 Å². The first-order valence-electron chi connectivity index (χ1n) is 14.1. The molecule has 14 N–H and O–H groups in total. The number of hydrogen-bond acceptors (Lipinski definition) is 21. The molecule has 0 amide bonds. The minimum atomic E-state index is -2.02. The molecule has 4 saturated heterocycles. The van der Waals surface area contributed by atoms with E-state index in [9.17, 15) is 71.5 Å². The van der Waals surface area contributed by atoms with Crippen LogP contribution in [0.3, 0.4) is 0 Å².